The van der Waals surface area contributed by atoms with Crippen molar-refractivity contribution in [3.8, 4) is 5.75 Å². The predicted octanol–water partition coefficient (Wildman–Crippen LogP) is 2.54. The topological polar surface area (TPSA) is 55.6 Å². The van der Waals surface area contributed by atoms with Gasteiger partial charge in [-0.2, -0.15) is 0 Å². The van der Waals surface area contributed by atoms with Gasteiger partial charge in [0, 0.05) is 18.2 Å². The molecule has 100 valence electrons. The largest absolute Gasteiger partial charge is 0.495 e. The molecule has 0 fully saturated rings. The van der Waals surface area contributed by atoms with Gasteiger partial charge in [0.05, 0.1) is 12.8 Å². The number of nitrogen functional groups attached to an aromatic ring is 1. The zero-order chi connectivity index (χ0) is 13.7. The minimum absolute atomic E-state index is 0.0150. The minimum atomic E-state index is 0.0150. The quantitative estimate of drug-likeness (QED) is 0.817. The molecule has 0 saturated carbocycles. The number of methoxy groups -OCH3 is 1. The van der Waals surface area contributed by atoms with Crippen LogP contribution in [-0.4, -0.2) is 30.5 Å². The Labute approximate surface area is 109 Å². The molecule has 4 nitrogen and oxygen atoms in total. The molecular formula is C14H22N2O2. The van der Waals surface area contributed by atoms with Crippen LogP contribution in [0.25, 0.3) is 0 Å². The molecule has 0 aliphatic heterocycles. The number of benzene rings is 1. The normalized spacial score (nSPS) is 10.5. The van der Waals surface area contributed by atoms with Crippen molar-refractivity contribution in [2.24, 2.45) is 0 Å². The van der Waals surface area contributed by atoms with Crippen LogP contribution in [0.3, 0.4) is 0 Å². The second-order valence-electron chi connectivity index (χ2n) is 4.55. The molecule has 1 rings (SSSR count). The first-order valence-electron chi connectivity index (χ1n) is 6.25. The average Bonchev–Trinajstić information content (AvgIpc) is 2.34. The van der Waals surface area contributed by atoms with E-state index in [2.05, 4.69) is 6.92 Å². The SMILES string of the molecule is CCCN(C(=O)c1ccc(OC)c(N)c1)C(C)C. The van der Waals surface area contributed by atoms with E-state index in [4.69, 9.17) is 10.5 Å². The highest BCUT2D eigenvalue weighted by atomic mass is 16.5. The van der Waals surface area contributed by atoms with Crippen molar-refractivity contribution < 1.29 is 9.53 Å². The molecular weight excluding hydrogens is 228 g/mol. The van der Waals surface area contributed by atoms with Gasteiger partial charge in [-0.1, -0.05) is 6.92 Å². The van der Waals surface area contributed by atoms with Crippen LogP contribution in [-0.2, 0) is 0 Å². The number of nitrogens with zero attached hydrogens (tertiary/aromatic N) is 1. The fourth-order valence-electron chi connectivity index (χ4n) is 1.87. The van der Waals surface area contributed by atoms with E-state index in [-0.39, 0.29) is 11.9 Å². The summed E-state index contributed by atoms with van der Waals surface area (Å²) in [6, 6.07) is 5.34. The highest BCUT2D eigenvalue weighted by Gasteiger charge is 2.18. The molecule has 0 spiro atoms. The van der Waals surface area contributed by atoms with Crippen LogP contribution in [0, 0.1) is 0 Å². The van der Waals surface area contributed by atoms with Crippen LogP contribution in [0.4, 0.5) is 5.69 Å². The lowest BCUT2D eigenvalue weighted by molar-refractivity contribution is 0.0706. The molecule has 4 heteroatoms. The van der Waals surface area contributed by atoms with Crippen LogP contribution in [0.2, 0.25) is 0 Å². The standard InChI is InChI=1S/C14H22N2O2/c1-5-8-16(10(2)3)14(17)11-6-7-13(18-4)12(15)9-11/h6-7,9-10H,5,8,15H2,1-4H3. The Bertz CT molecular complexity index is 416. The van der Waals surface area contributed by atoms with Gasteiger partial charge < -0.3 is 15.4 Å². The maximum absolute atomic E-state index is 12.4. The molecule has 0 heterocycles. The van der Waals surface area contributed by atoms with Crippen LogP contribution in [0.1, 0.15) is 37.6 Å². The number of amides is 1. The summed E-state index contributed by atoms with van der Waals surface area (Å²) < 4.78 is 5.09. The summed E-state index contributed by atoms with van der Waals surface area (Å²) in [7, 11) is 1.56. The Morgan fingerprint density at radius 1 is 1.44 bits per heavy atom. The number of anilines is 1. The number of hydrogen-bond acceptors (Lipinski definition) is 3. The van der Waals surface area contributed by atoms with Crippen molar-refractivity contribution in [3.05, 3.63) is 23.8 Å². The van der Waals surface area contributed by atoms with Crippen LogP contribution in [0.15, 0.2) is 18.2 Å². The third-order valence-corrected chi connectivity index (χ3v) is 2.83. The van der Waals surface area contributed by atoms with E-state index in [1.54, 1.807) is 25.3 Å². The van der Waals surface area contributed by atoms with Crippen LogP contribution in [0.5, 0.6) is 5.75 Å². The van der Waals surface area contributed by atoms with Crippen molar-refractivity contribution in [2.45, 2.75) is 33.2 Å². The Morgan fingerprint density at radius 3 is 2.56 bits per heavy atom. The van der Waals surface area contributed by atoms with Gasteiger partial charge in [-0.3, -0.25) is 4.79 Å². The molecule has 0 aliphatic carbocycles. The summed E-state index contributed by atoms with van der Waals surface area (Å²) in [5, 5.41) is 0. The second-order valence-corrected chi connectivity index (χ2v) is 4.55. The molecule has 0 radical (unpaired) electrons. The second kappa shape index (κ2) is 6.28. The van der Waals surface area contributed by atoms with E-state index in [0.29, 0.717) is 17.0 Å². The first kappa shape index (κ1) is 14.4. The molecule has 0 saturated heterocycles. The molecule has 0 aliphatic rings. The van der Waals surface area contributed by atoms with Crippen molar-refractivity contribution in [3.63, 3.8) is 0 Å². The fourth-order valence-corrected chi connectivity index (χ4v) is 1.87. The molecule has 0 atom stereocenters. The molecule has 2 N–H and O–H groups in total. The molecule has 0 aromatic heterocycles. The first-order valence-corrected chi connectivity index (χ1v) is 6.25. The molecule has 1 aromatic rings. The van der Waals surface area contributed by atoms with E-state index in [9.17, 15) is 4.79 Å². The van der Waals surface area contributed by atoms with Gasteiger partial charge in [0.15, 0.2) is 0 Å². The minimum Gasteiger partial charge on any atom is -0.495 e. The molecule has 1 aromatic carbocycles. The molecule has 18 heavy (non-hydrogen) atoms. The monoisotopic (exact) mass is 250 g/mol. The van der Waals surface area contributed by atoms with E-state index < -0.39 is 0 Å². The zero-order valence-electron chi connectivity index (χ0n) is 11.6. The fraction of sp³-hybridized carbons (Fsp3) is 0.500. The number of hydrogen-bond donors (Lipinski definition) is 1. The molecule has 0 unspecified atom stereocenters. The molecule has 1 amide bonds. The lowest BCUT2D eigenvalue weighted by Crippen LogP contribution is -2.37. The van der Waals surface area contributed by atoms with Gasteiger partial charge in [0.2, 0.25) is 0 Å². The Balaban J connectivity index is 2.98. The number of carbonyl (C=O) groups excluding carboxylic acids is 1. The summed E-state index contributed by atoms with van der Waals surface area (Å²) in [6.07, 6.45) is 0.940. The number of carbonyl (C=O) groups is 1. The smallest absolute Gasteiger partial charge is 0.254 e. The lowest BCUT2D eigenvalue weighted by Gasteiger charge is -2.26. The lowest BCUT2D eigenvalue weighted by atomic mass is 10.1. The van der Waals surface area contributed by atoms with Gasteiger partial charge in [0.1, 0.15) is 5.75 Å². The van der Waals surface area contributed by atoms with Crippen molar-refractivity contribution in [1.29, 1.82) is 0 Å². The van der Waals surface area contributed by atoms with Gasteiger partial charge in [0.25, 0.3) is 5.91 Å². The summed E-state index contributed by atoms with van der Waals surface area (Å²) in [6.45, 7) is 6.84. The van der Waals surface area contributed by atoms with Gasteiger partial charge in [-0.25, -0.2) is 0 Å². The van der Waals surface area contributed by atoms with E-state index in [1.165, 1.54) is 0 Å². The number of rotatable bonds is 5. The van der Waals surface area contributed by atoms with Crippen molar-refractivity contribution in [2.75, 3.05) is 19.4 Å². The number of ether oxygens (including phenoxy) is 1. The van der Waals surface area contributed by atoms with E-state index in [1.807, 2.05) is 18.7 Å². The highest BCUT2D eigenvalue weighted by molar-refractivity contribution is 5.95. The van der Waals surface area contributed by atoms with Gasteiger partial charge in [-0.15, -0.1) is 0 Å². The first-order chi connectivity index (χ1) is 8.51. The van der Waals surface area contributed by atoms with Crippen LogP contribution >= 0.6 is 0 Å². The molecule has 0 bridgehead atoms. The third-order valence-electron chi connectivity index (χ3n) is 2.83. The third kappa shape index (κ3) is 3.15. The Morgan fingerprint density at radius 2 is 2.11 bits per heavy atom. The highest BCUT2D eigenvalue weighted by Crippen LogP contribution is 2.23. The van der Waals surface area contributed by atoms with Crippen molar-refractivity contribution in [1.82, 2.24) is 4.90 Å². The summed E-state index contributed by atoms with van der Waals surface area (Å²) in [5.74, 6) is 0.611. The maximum atomic E-state index is 12.4. The Hall–Kier alpha value is -1.71. The van der Waals surface area contributed by atoms with E-state index >= 15 is 0 Å². The van der Waals surface area contributed by atoms with Crippen molar-refractivity contribution >= 4 is 11.6 Å². The van der Waals surface area contributed by atoms with Crippen LogP contribution < -0.4 is 10.5 Å². The summed E-state index contributed by atoms with van der Waals surface area (Å²) in [5.41, 5.74) is 6.92. The average molecular weight is 250 g/mol. The number of nitrogens with two attached hydrogens (primary N) is 1. The Kier molecular flexibility index (Phi) is 5.01. The van der Waals surface area contributed by atoms with Gasteiger partial charge >= 0.3 is 0 Å². The van der Waals surface area contributed by atoms with E-state index in [0.717, 1.165) is 13.0 Å². The summed E-state index contributed by atoms with van der Waals surface area (Å²) >= 11 is 0. The zero-order valence-corrected chi connectivity index (χ0v) is 11.6. The van der Waals surface area contributed by atoms with Gasteiger partial charge in [-0.05, 0) is 38.5 Å². The predicted molar refractivity (Wildman–Crippen MR) is 73.9 cm³/mol. The maximum Gasteiger partial charge on any atom is 0.254 e. The summed E-state index contributed by atoms with van der Waals surface area (Å²) in [4.78, 5) is 14.2.